The lowest BCUT2D eigenvalue weighted by Crippen LogP contribution is -2.41. The first kappa shape index (κ1) is 17.5. The van der Waals surface area contributed by atoms with Gasteiger partial charge in [-0.25, -0.2) is 4.98 Å². The Morgan fingerprint density at radius 3 is 2.91 bits per heavy atom. The molecule has 23 heavy (non-hydrogen) atoms. The number of aromatic nitrogens is 1. The predicted molar refractivity (Wildman–Crippen MR) is 92.8 cm³/mol. The summed E-state index contributed by atoms with van der Waals surface area (Å²) in [6, 6.07) is 3.76. The quantitative estimate of drug-likeness (QED) is 0.757. The summed E-state index contributed by atoms with van der Waals surface area (Å²) in [6.07, 6.45) is 3.83. The van der Waals surface area contributed by atoms with Crippen LogP contribution in [0.15, 0.2) is 30.5 Å². The minimum Gasteiger partial charge on any atom is -0.384 e. The van der Waals surface area contributed by atoms with E-state index in [1.54, 1.807) is 13.3 Å². The molecule has 5 heteroatoms. The average Bonchev–Trinajstić information content (AvgIpc) is 2.54. The van der Waals surface area contributed by atoms with Gasteiger partial charge in [0, 0.05) is 40.0 Å². The Morgan fingerprint density at radius 2 is 2.30 bits per heavy atom. The monoisotopic (exact) mass is 317 g/mol. The minimum absolute atomic E-state index is 0.0624. The molecule has 1 aliphatic rings. The van der Waals surface area contributed by atoms with E-state index < -0.39 is 0 Å². The molecule has 0 aromatic carbocycles. The van der Waals surface area contributed by atoms with Crippen LogP contribution in [0.1, 0.15) is 30.1 Å². The molecule has 0 saturated carbocycles. The van der Waals surface area contributed by atoms with Crippen LogP contribution in [0.4, 0.5) is 5.82 Å². The van der Waals surface area contributed by atoms with Gasteiger partial charge in [0.1, 0.15) is 5.82 Å². The number of rotatable bonds is 6. The maximum atomic E-state index is 12.6. The van der Waals surface area contributed by atoms with Gasteiger partial charge in [0.15, 0.2) is 0 Å². The highest BCUT2D eigenvalue weighted by Crippen LogP contribution is 2.19. The van der Waals surface area contributed by atoms with Crippen molar-refractivity contribution >= 4 is 11.7 Å². The molecule has 1 aliphatic heterocycles. The van der Waals surface area contributed by atoms with Gasteiger partial charge in [0.25, 0.3) is 5.91 Å². The highest BCUT2D eigenvalue weighted by atomic mass is 16.5. The summed E-state index contributed by atoms with van der Waals surface area (Å²) in [5.74, 6) is 1.35. The Kier molecular flexibility index (Phi) is 6.16. The first-order chi connectivity index (χ1) is 11.0. The number of nitrogens with zero attached hydrogens (tertiary/aromatic N) is 3. The van der Waals surface area contributed by atoms with Crippen molar-refractivity contribution in [1.29, 1.82) is 0 Å². The third-order valence-corrected chi connectivity index (χ3v) is 4.10. The molecule has 0 radical (unpaired) electrons. The van der Waals surface area contributed by atoms with Crippen LogP contribution in [0.5, 0.6) is 0 Å². The molecule has 0 bridgehead atoms. The van der Waals surface area contributed by atoms with E-state index in [4.69, 9.17) is 4.74 Å². The Hall–Kier alpha value is -1.88. The number of hydrogen-bond acceptors (Lipinski definition) is 4. The molecule has 1 atom stereocenters. The van der Waals surface area contributed by atoms with E-state index in [0.29, 0.717) is 18.1 Å². The molecule has 0 N–H and O–H groups in total. The third-order valence-electron chi connectivity index (χ3n) is 4.10. The van der Waals surface area contributed by atoms with Gasteiger partial charge in [-0.05, 0) is 37.8 Å². The fourth-order valence-electron chi connectivity index (χ4n) is 3.03. The number of pyridine rings is 1. The Balaban J connectivity index is 2.01. The summed E-state index contributed by atoms with van der Waals surface area (Å²) < 4.78 is 5.23. The van der Waals surface area contributed by atoms with Crippen LogP contribution in [-0.4, -0.2) is 56.2 Å². The van der Waals surface area contributed by atoms with Gasteiger partial charge in [-0.2, -0.15) is 0 Å². The molecular weight excluding hydrogens is 290 g/mol. The van der Waals surface area contributed by atoms with E-state index in [0.717, 1.165) is 43.9 Å². The molecule has 0 spiro atoms. The van der Waals surface area contributed by atoms with Crippen molar-refractivity contribution in [2.75, 3.05) is 45.3 Å². The van der Waals surface area contributed by atoms with Crippen LogP contribution in [0.2, 0.25) is 0 Å². The highest BCUT2D eigenvalue weighted by molar-refractivity contribution is 5.94. The van der Waals surface area contributed by atoms with Crippen LogP contribution in [-0.2, 0) is 4.74 Å². The van der Waals surface area contributed by atoms with Crippen molar-refractivity contribution in [3.63, 3.8) is 0 Å². The van der Waals surface area contributed by atoms with Gasteiger partial charge in [-0.3, -0.25) is 4.79 Å². The number of piperidine rings is 1. The van der Waals surface area contributed by atoms with Crippen molar-refractivity contribution in [3.8, 4) is 0 Å². The summed E-state index contributed by atoms with van der Waals surface area (Å²) in [6.45, 7) is 8.95. The van der Waals surface area contributed by atoms with Gasteiger partial charge >= 0.3 is 0 Å². The summed E-state index contributed by atoms with van der Waals surface area (Å²) >= 11 is 0. The lowest BCUT2D eigenvalue weighted by atomic mass is 9.98. The topological polar surface area (TPSA) is 45.7 Å². The summed E-state index contributed by atoms with van der Waals surface area (Å²) in [5.41, 5.74) is 1.72. The normalized spacial score (nSPS) is 17.9. The molecule has 1 unspecified atom stereocenters. The number of hydrogen-bond donors (Lipinski definition) is 0. The summed E-state index contributed by atoms with van der Waals surface area (Å²) in [4.78, 5) is 21.0. The van der Waals surface area contributed by atoms with Gasteiger partial charge in [0.2, 0.25) is 0 Å². The Labute approximate surface area is 138 Å². The number of carbonyl (C=O) groups is 1. The number of anilines is 1. The second-order valence-electron chi connectivity index (χ2n) is 6.43. The van der Waals surface area contributed by atoms with E-state index in [-0.39, 0.29) is 5.91 Å². The zero-order chi connectivity index (χ0) is 16.8. The first-order valence-electron chi connectivity index (χ1n) is 8.11. The molecule has 1 fully saturated rings. The minimum atomic E-state index is 0.0624. The standard InChI is InChI=1S/C18H27N3O2/c1-14(2)11-20(3)17-8-7-16(10-19-17)18(22)21-9-5-6-15(12-21)13-23-4/h7-8,10,15H,1,5-6,9,11-13H2,2-4H3. The van der Waals surface area contributed by atoms with Crippen LogP contribution < -0.4 is 4.90 Å². The van der Waals surface area contributed by atoms with Crippen LogP contribution >= 0.6 is 0 Å². The molecule has 2 rings (SSSR count). The van der Waals surface area contributed by atoms with E-state index in [1.165, 1.54) is 0 Å². The molecule has 1 aromatic rings. The smallest absolute Gasteiger partial charge is 0.255 e. The fourth-order valence-corrected chi connectivity index (χ4v) is 3.03. The SMILES string of the molecule is C=C(C)CN(C)c1ccc(C(=O)N2CCCC(COC)C2)cn1. The van der Waals surface area contributed by atoms with Gasteiger partial charge < -0.3 is 14.5 Å². The molecule has 5 nitrogen and oxygen atoms in total. The van der Waals surface area contributed by atoms with Crippen molar-refractivity contribution in [2.24, 2.45) is 5.92 Å². The summed E-state index contributed by atoms with van der Waals surface area (Å²) in [7, 11) is 3.68. The molecule has 0 aliphatic carbocycles. The van der Waals surface area contributed by atoms with Gasteiger partial charge in [0.05, 0.1) is 12.2 Å². The van der Waals surface area contributed by atoms with Crippen molar-refractivity contribution in [1.82, 2.24) is 9.88 Å². The van der Waals surface area contributed by atoms with E-state index in [2.05, 4.69) is 11.6 Å². The molecule has 1 saturated heterocycles. The van der Waals surface area contributed by atoms with Gasteiger partial charge in [-0.1, -0.05) is 12.2 Å². The van der Waals surface area contributed by atoms with Crippen molar-refractivity contribution < 1.29 is 9.53 Å². The second-order valence-corrected chi connectivity index (χ2v) is 6.43. The molecule has 2 heterocycles. The maximum absolute atomic E-state index is 12.6. The number of amides is 1. The molecule has 126 valence electrons. The first-order valence-corrected chi connectivity index (χ1v) is 8.11. The predicted octanol–water partition coefficient (Wildman–Crippen LogP) is 2.59. The van der Waals surface area contributed by atoms with Gasteiger partial charge in [-0.15, -0.1) is 0 Å². The van der Waals surface area contributed by atoms with E-state index in [9.17, 15) is 4.79 Å². The zero-order valence-corrected chi connectivity index (χ0v) is 14.4. The lowest BCUT2D eigenvalue weighted by Gasteiger charge is -2.32. The zero-order valence-electron chi connectivity index (χ0n) is 14.4. The highest BCUT2D eigenvalue weighted by Gasteiger charge is 2.24. The third kappa shape index (κ3) is 4.79. The van der Waals surface area contributed by atoms with Crippen LogP contribution in [0.3, 0.4) is 0 Å². The Morgan fingerprint density at radius 1 is 1.52 bits per heavy atom. The Bertz CT molecular complexity index is 540. The maximum Gasteiger partial charge on any atom is 0.255 e. The molecule has 1 aromatic heterocycles. The van der Waals surface area contributed by atoms with Crippen molar-refractivity contribution in [3.05, 3.63) is 36.0 Å². The largest absolute Gasteiger partial charge is 0.384 e. The molecular formula is C18H27N3O2. The number of likely N-dealkylation sites (tertiary alicyclic amines) is 1. The number of likely N-dealkylation sites (N-methyl/N-ethyl adjacent to an activating group) is 1. The van der Waals surface area contributed by atoms with Crippen LogP contribution in [0.25, 0.3) is 0 Å². The van der Waals surface area contributed by atoms with Crippen LogP contribution in [0, 0.1) is 5.92 Å². The number of methoxy groups -OCH3 is 1. The van der Waals surface area contributed by atoms with E-state index >= 15 is 0 Å². The lowest BCUT2D eigenvalue weighted by molar-refractivity contribution is 0.0570. The average molecular weight is 317 g/mol. The fraction of sp³-hybridized carbons (Fsp3) is 0.556. The van der Waals surface area contributed by atoms with Crippen molar-refractivity contribution in [2.45, 2.75) is 19.8 Å². The number of ether oxygens (including phenoxy) is 1. The molecule has 1 amide bonds. The van der Waals surface area contributed by atoms with E-state index in [1.807, 2.05) is 35.9 Å². The second kappa shape index (κ2) is 8.11. The number of carbonyl (C=O) groups excluding carboxylic acids is 1. The summed E-state index contributed by atoms with van der Waals surface area (Å²) in [5, 5.41) is 0.